The standard InChI is InChI=1S/C28H27N3O8/c1-35-21-6-13(7-22(36-2)26(21)32)23-14-8-19-20(39-11-38-19)9-15(14)25(16-10-37-28(34)24(16)23)31-27(33)12-3-4-17(29)18(30)5-12/h3-9,16,23-25,32H,10-11,29-30H2,1-2H3,(H,31,33)/t16?,23-,24?,25+/m1/s1. The van der Waals surface area contributed by atoms with Gasteiger partial charge in [0.05, 0.1) is 44.2 Å². The van der Waals surface area contributed by atoms with Crippen LogP contribution in [0.3, 0.4) is 0 Å². The van der Waals surface area contributed by atoms with Gasteiger partial charge in [0.25, 0.3) is 5.91 Å². The molecule has 3 aliphatic rings. The molecule has 0 saturated carbocycles. The number of anilines is 2. The molecule has 0 aromatic heterocycles. The lowest BCUT2D eigenvalue weighted by Crippen LogP contribution is -2.42. The lowest BCUT2D eigenvalue weighted by Gasteiger charge is -2.39. The number of ether oxygens (including phenoxy) is 5. The molecular formula is C28H27N3O8. The minimum atomic E-state index is -0.654. The summed E-state index contributed by atoms with van der Waals surface area (Å²) in [5, 5.41) is 13.6. The zero-order valence-corrected chi connectivity index (χ0v) is 21.2. The fourth-order valence-electron chi connectivity index (χ4n) is 5.78. The summed E-state index contributed by atoms with van der Waals surface area (Å²) in [7, 11) is 2.88. The minimum Gasteiger partial charge on any atom is -0.502 e. The number of cyclic esters (lactones) is 1. The van der Waals surface area contributed by atoms with Crippen molar-refractivity contribution in [2.24, 2.45) is 11.8 Å². The Labute approximate surface area is 223 Å². The van der Waals surface area contributed by atoms with Crippen LogP contribution in [0, 0.1) is 11.8 Å². The first-order valence-electron chi connectivity index (χ1n) is 12.3. The van der Waals surface area contributed by atoms with Gasteiger partial charge in [-0.25, -0.2) is 0 Å². The topological polar surface area (TPSA) is 165 Å². The van der Waals surface area contributed by atoms with Crippen LogP contribution in [0.1, 0.15) is 39.0 Å². The van der Waals surface area contributed by atoms with E-state index in [4.69, 9.17) is 35.2 Å². The van der Waals surface area contributed by atoms with Crippen LogP contribution >= 0.6 is 0 Å². The molecule has 0 spiro atoms. The number of carbonyl (C=O) groups is 2. The summed E-state index contributed by atoms with van der Waals surface area (Å²) in [6.07, 6.45) is 0. The normalized spacial score (nSPS) is 22.5. The number of rotatable bonds is 5. The molecule has 2 unspecified atom stereocenters. The smallest absolute Gasteiger partial charge is 0.310 e. The van der Waals surface area contributed by atoms with Crippen LogP contribution < -0.4 is 35.7 Å². The zero-order valence-electron chi connectivity index (χ0n) is 21.2. The summed E-state index contributed by atoms with van der Waals surface area (Å²) in [5.41, 5.74) is 14.9. The summed E-state index contributed by atoms with van der Waals surface area (Å²) in [5.74, 6) is -1.03. The van der Waals surface area contributed by atoms with Gasteiger partial charge in [-0.3, -0.25) is 9.59 Å². The second-order valence-electron chi connectivity index (χ2n) is 9.70. The number of fused-ring (bicyclic) bond motifs is 3. The Bertz CT molecular complexity index is 1480. The Balaban J connectivity index is 1.51. The van der Waals surface area contributed by atoms with Gasteiger partial charge in [-0.15, -0.1) is 0 Å². The Morgan fingerprint density at radius 1 is 0.949 bits per heavy atom. The van der Waals surface area contributed by atoms with Gasteiger partial charge in [0.15, 0.2) is 23.0 Å². The molecule has 0 radical (unpaired) electrons. The first kappa shape index (κ1) is 24.5. The SMILES string of the molecule is COc1cc([C@@H]2c3cc4c(cc3[C@H](NC(=O)c3ccc(N)c(N)c3)C3COC(=O)C32)OCO4)cc(OC)c1O. The lowest BCUT2D eigenvalue weighted by atomic mass is 9.65. The monoisotopic (exact) mass is 533 g/mol. The number of amides is 1. The molecular weight excluding hydrogens is 506 g/mol. The molecule has 1 saturated heterocycles. The van der Waals surface area contributed by atoms with E-state index in [0.717, 1.165) is 11.1 Å². The Morgan fingerprint density at radius 3 is 2.26 bits per heavy atom. The highest BCUT2D eigenvalue weighted by molar-refractivity contribution is 5.96. The van der Waals surface area contributed by atoms with Crippen molar-refractivity contribution in [1.29, 1.82) is 0 Å². The molecule has 1 aliphatic carbocycles. The first-order chi connectivity index (χ1) is 18.8. The molecule has 2 aliphatic heterocycles. The van der Waals surface area contributed by atoms with Crippen LogP contribution in [-0.2, 0) is 9.53 Å². The molecule has 1 fully saturated rings. The van der Waals surface area contributed by atoms with Crippen LogP contribution in [0.4, 0.5) is 11.4 Å². The molecule has 39 heavy (non-hydrogen) atoms. The molecule has 11 nitrogen and oxygen atoms in total. The molecule has 202 valence electrons. The van der Waals surface area contributed by atoms with E-state index >= 15 is 0 Å². The second kappa shape index (κ2) is 9.19. The third-order valence-electron chi connectivity index (χ3n) is 7.68. The number of nitrogens with two attached hydrogens (primary N) is 2. The number of nitrogens with one attached hydrogen (secondary N) is 1. The summed E-state index contributed by atoms with van der Waals surface area (Å²) in [6, 6.07) is 11.1. The molecule has 6 N–H and O–H groups in total. The maximum absolute atomic E-state index is 13.4. The highest BCUT2D eigenvalue weighted by atomic mass is 16.7. The number of hydrogen-bond donors (Lipinski definition) is 4. The number of phenolic OH excluding ortho intramolecular Hbond substituents is 1. The van der Waals surface area contributed by atoms with Crippen molar-refractivity contribution < 1.29 is 38.4 Å². The quantitative estimate of drug-likeness (QED) is 0.283. The van der Waals surface area contributed by atoms with Gasteiger partial charge in [-0.2, -0.15) is 0 Å². The number of carbonyl (C=O) groups excluding carboxylic acids is 2. The molecule has 11 heteroatoms. The van der Waals surface area contributed by atoms with Crippen LogP contribution in [0.5, 0.6) is 28.7 Å². The van der Waals surface area contributed by atoms with E-state index in [1.54, 1.807) is 24.3 Å². The Hall–Kier alpha value is -4.80. The molecule has 3 aromatic carbocycles. The summed E-state index contributed by atoms with van der Waals surface area (Å²) >= 11 is 0. The van der Waals surface area contributed by atoms with Gasteiger partial charge in [0, 0.05) is 17.4 Å². The fourth-order valence-corrected chi connectivity index (χ4v) is 5.78. The number of methoxy groups -OCH3 is 2. The van der Waals surface area contributed by atoms with Crippen LogP contribution in [-0.4, -0.2) is 44.6 Å². The van der Waals surface area contributed by atoms with E-state index in [-0.39, 0.29) is 36.6 Å². The van der Waals surface area contributed by atoms with Gasteiger partial charge in [0.2, 0.25) is 12.5 Å². The van der Waals surface area contributed by atoms with Crippen molar-refractivity contribution in [1.82, 2.24) is 5.32 Å². The van der Waals surface area contributed by atoms with Crippen LogP contribution in [0.15, 0.2) is 42.5 Å². The van der Waals surface area contributed by atoms with E-state index in [1.165, 1.54) is 20.3 Å². The second-order valence-corrected chi connectivity index (χ2v) is 9.70. The Kier molecular flexibility index (Phi) is 5.78. The highest BCUT2D eigenvalue weighted by Crippen LogP contribution is 2.55. The fraction of sp³-hybridized carbons (Fsp3) is 0.286. The highest BCUT2D eigenvalue weighted by Gasteiger charge is 2.53. The Morgan fingerprint density at radius 2 is 1.62 bits per heavy atom. The van der Waals surface area contributed by atoms with Gasteiger partial charge in [-0.05, 0) is 59.2 Å². The van der Waals surface area contributed by atoms with Crippen molar-refractivity contribution in [3.63, 3.8) is 0 Å². The van der Waals surface area contributed by atoms with Crippen molar-refractivity contribution in [3.8, 4) is 28.7 Å². The largest absolute Gasteiger partial charge is 0.502 e. The molecule has 2 heterocycles. The summed E-state index contributed by atoms with van der Waals surface area (Å²) in [6.45, 7) is 0.162. The van der Waals surface area contributed by atoms with Crippen LogP contribution in [0.2, 0.25) is 0 Å². The van der Waals surface area contributed by atoms with Gasteiger partial charge >= 0.3 is 5.97 Å². The number of hydrogen-bond acceptors (Lipinski definition) is 10. The summed E-state index contributed by atoms with van der Waals surface area (Å²) < 4.78 is 27.7. The molecule has 6 rings (SSSR count). The van der Waals surface area contributed by atoms with Crippen molar-refractivity contribution in [3.05, 3.63) is 64.7 Å². The van der Waals surface area contributed by atoms with Crippen molar-refractivity contribution >= 4 is 23.3 Å². The average Bonchev–Trinajstić information content (AvgIpc) is 3.55. The molecule has 4 atom stereocenters. The predicted octanol–water partition coefficient (Wildman–Crippen LogP) is 2.71. The number of phenols is 1. The molecule has 3 aromatic rings. The van der Waals surface area contributed by atoms with E-state index in [1.807, 2.05) is 12.1 Å². The lowest BCUT2D eigenvalue weighted by molar-refractivity contribution is -0.141. The molecule has 0 bridgehead atoms. The van der Waals surface area contributed by atoms with Crippen molar-refractivity contribution in [2.45, 2.75) is 12.0 Å². The van der Waals surface area contributed by atoms with Crippen molar-refractivity contribution in [2.75, 3.05) is 39.1 Å². The average molecular weight is 534 g/mol. The maximum Gasteiger partial charge on any atom is 0.310 e. The molecule has 1 amide bonds. The van der Waals surface area contributed by atoms with Gasteiger partial charge in [-0.1, -0.05) is 0 Å². The number of benzene rings is 3. The zero-order chi connectivity index (χ0) is 27.4. The van der Waals surface area contributed by atoms with Gasteiger partial charge < -0.3 is 45.6 Å². The van der Waals surface area contributed by atoms with E-state index in [9.17, 15) is 14.7 Å². The van der Waals surface area contributed by atoms with Gasteiger partial charge in [0.1, 0.15) is 0 Å². The van der Waals surface area contributed by atoms with E-state index in [2.05, 4.69) is 5.32 Å². The van der Waals surface area contributed by atoms with E-state index < -0.39 is 29.8 Å². The third kappa shape index (κ3) is 3.89. The maximum atomic E-state index is 13.4. The minimum absolute atomic E-state index is 0.0559. The summed E-state index contributed by atoms with van der Waals surface area (Å²) in [4.78, 5) is 26.7. The number of esters is 1. The van der Waals surface area contributed by atoms with Crippen LogP contribution in [0.25, 0.3) is 0 Å². The number of nitrogen functional groups attached to an aromatic ring is 2. The first-order valence-corrected chi connectivity index (χ1v) is 12.3. The predicted molar refractivity (Wildman–Crippen MR) is 139 cm³/mol. The third-order valence-corrected chi connectivity index (χ3v) is 7.68. The van der Waals surface area contributed by atoms with E-state index in [0.29, 0.717) is 34.0 Å². The number of aromatic hydroxyl groups is 1.